The summed E-state index contributed by atoms with van der Waals surface area (Å²) in [6.45, 7) is 5.21. The van der Waals surface area contributed by atoms with Gasteiger partial charge in [0.1, 0.15) is 0 Å². The van der Waals surface area contributed by atoms with Crippen molar-refractivity contribution in [2.45, 2.75) is 13.5 Å². The molecular weight excluding hydrogens is 288 g/mol. The Labute approximate surface area is 113 Å². The summed E-state index contributed by atoms with van der Waals surface area (Å²) in [5.74, 6) is 0. The molecule has 0 aliphatic carbocycles. The monoisotopic (exact) mass is 306 g/mol. The molecule has 16 heavy (non-hydrogen) atoms. The first kappa shape index (κ1) is 15.9. The average Bonchev–Trinajstić information content (AvgIpc) is 2.20. The predicted molar refractivity (Wildman–Crippen MR) is 76.4 cm³/mol. The van der Waals surface area contributed by atoms with Crippen LogP contribution >= 0.6 is 28.3 Å². The Morgan fingerprint density at radius 2 is 2.06 bits per heavy atom. The van der Waals surface area contributed by atoms with Crippen molar-refractivity contribution in [2.75, 3.05) is 27.2 Å². The van der Waals surface area contributed by atoms with Crippen LogP contribution in [0.1, 0.15) is 11.1 Å². The van der Waals surface area contributed by atoms with Gasteiger partial charge < -0.3 is 10.2 Å². The smallest absolute Gasteiger partial charge is 0.0231 e. The molecule has 1 rings (SSSR count). The highest BCUT2D eigenvalue weighted by Crippen LogP contribution is 2.18. The molecule has 0 spiro atoms. The zero-order valence-corrected chi connectivity index (χ0v) is 12.5. The Kier molecular flexibility index (Phi) is 8.02. The minimum atomic E-state index is 0. The fourth-order valence-electron chi connectivity index (χ4n) is 1.43. The van der Waals surface area contributed by atoms with Crippen molar-refractivity contribution in [3.05, 3.63) is 33.8 Å². The summed E-state index contributed by atoms with van der Waals surface area (Å²) in [6, 6.07) is 6.55. The van der Waals surface area contributed by atoms with Gasteiger partial charge in [-0.05, 0) is 38.2 Å². The summed E-state index contributed by atoms with van der Waals surface area (Å²) in [6.07, 6.45) is 0. The number of nitrogens with one attached hydrogen (secondary N) is 1. The molecule has 1 aromatic rings. The van der Waals surface area contributed by atoms with E-state index in [4.69, 9.17) is 0 Å². The number of nitrogens with zero attached hydrogens (tertiary/aromatic N) is 1. The SMILES string of the molecule is CNCCN(C)Cc1ccc(C)c(Br)c1.Cl. The Morgan fingerprint density at radius 3 is 2.62 bits per heavy atom. The number of hydrogen-bond acceptors (Lipinski definition) is 2. The van der Waals surface area contributed by atoms with Gasteiger partial charge in [0.2, 0.25) is 0 Å². The van der Waals surface area contributed by atoms with E-state index in [0.717, 1.165) is 19.6 Å². The van der Waals surface area contributed by atoms with E-state index < -0.39 is 0 Å². The molecule has 0 atom stereocenters. The standard InChI is InChI=1S/C12H19BrN2.ClH/c1-10-4-5-11(8-12(10)13)9-15(3)7-6-14-2;/h4-5,8,14H,6-7,9H2,1-3H3;1H. The van der Waals surface area contributed by atoms with Crippen LogP contribution in [-0.2, 0) is 6.54 Å². The fourth-order valence-corrected chi connectivity index (χ4v) is 1.85. The van der Waals surface area contributed by atoms with E-state index in [1.807, 2.05) is 7.05 Å². The first-order valence-corrected chi connectivity index (χ1v) is 6.01. The summed E-state index contributed by atoms with van der Waals surface area (Å²) in [7, 11) is 4.13. The lowest BCUT2D eigenvalue weighted by atomic mass is 10.1. The van der Waals surface area contributed by atoms with E-state index in [9.17, 15) is 0 Å². The lowest BCUT2D eigenvalue weighted by Crippen LogP contribution is -2.26. The van der Waals surface area contributed by atoms with Crippen molar-refractivity contribution in [3.63, 3.8) is 0 Å². The average molecular weight is 308 g/mol. The Balaban J connectivity index is 0.00000225. The molecule has 1 N–H and O–H groups in total. The number of hydrogen-bond donors (Lipinski definition) is 1. The molecule has 0 amide bonds. The minimum Gasteiger partial charge on any atom is -0.318 e. The lowest BCUT2D eigenvalue weighted by Gasteiger charge is -2.16. The molecule has 0 aromatic heterocycles. The molecule has 0 radical (unpaired) electrons. The van der Waals surface area contributed by atoms with E-state index in [1.165, 1.54) is 15.6 Å². The van der Waals surface area contributed by atoms with Gasteiger partial charge in [0.05, 0.1) is 0 Å². The third-order valence-corrected chi connectivity index (χ3v) is 3.29. The molecule has 1 aromatic carbocycles. The zero-order chi connectivity index (χ0) is 11.3. The Bertz CT molecular complexity index is 318. The first-order valence-electron chi connectivity index (χ1n) is 5.21. The van der Waals surface area contributed by atoms with Gasteiger partial charge in [0.15, 0.2) is 0 Å². The molecule has 92 valence electrons. The molecule has 2 nitrogen and oxygen atoms in total. The van der Waals surface area contributed by atoms with Gasteiger partial charge in [0, 0.05) is 24.1 Å². The maximum atomic E-state index is 3.56. The fraction of sp³-hybridized carbons (Fsp3) is 0.500. The topological polar surface area (TPSA) is 15.3 Å². The third kappa shape index (κ3) is 5.30. The number of benzene rings is 1. The zero-order valence-electron chi connectivity index (χ0n) is 10.1. The van der Waals surface area contributed by atoms with Crippen LogP contribution in [0.15, 0.2) is 22.7 Å². The van der Waals surface area contributed by atoms with Crippen molar-refractivity contribution in [2.24, 2.45) is 0 Å². The van der Waals surface area contributed by atoms with Crippen LogP contribution in [0.4, 0.5) is 0 Å². The predicted octanol–water partition coefficient (Wildman–Crippen LogP) is 2.83. The second-order valence-electron chi connectivity index (χ2n) is 3.92. The molecule has 0 aliphatic rings. The third-order valence-electron chi connectivity index (χ3n) is 2.43. The van der Waals surface area contributed by atoms with Crippen LogP contribution in [0.25, 0.3) is 0 Å². The highest BCUT2D eigenvalue weighted by atomic mass is 79.9. The van der Waals surface area contributed by atoms with E-state index in [2.05, 4.69) is 58.3 Å². The van der Waals surface area contributed by atoms with Crippen LogP contribution in [0, 0.1) is 6.92 Å². The van der Waals surface area contributed by atoms with Gasteiger partial charge in [-0.25, -0.2) is 0 Å². The molecule has 0 bridgehead atoms. The van der Waals surface area contributed by atoms with E-state index in [1.54, 1.807) is 0 Å². The molecule has 0 heterocycles. The first-order chi connectivity index (χ1) is 7.13. The molecule has 0 saturated carbocycles. The second kappa shape index (κ2) is 8.07. The number of rotatable bonds is 5. The number of aryl methyl sites for hydroxylation is 1. The van der Waals surface area contributed by atoms with Gasteiger partial charge in [-0.1, -0.05) is 28.1 Å². The molecule has 4 heteroatoms. The lowest BCUT2D eigenvalue weighted by molar-refractivity contribution is 0.328. The molecular formula is C12H20BrClN2. The van der Waals surface area contributed by atoms with Crippen molar-refractivity contribution in [1.29, 1.82) is 0 Å². The number of halogens is 2. The summed E-state index contributed by atoms with van der Waals surface area (Å²) < 4.78 is 1.20. The maximum Gasteiger partial charge on any atom is 0.0231 e. The van der Waals surface area contributed by atoms with Crippen LogP contribution < -0.4 is 5.32 Å². The van der Waals surface area contributed by atoms with E-state index in [0.29, 0.717) is 0 Å². The highest BCUT2D eigenvalue weighted by Gasteiger charge is 2.01. The van der Waals surface area contributed by atoms with Crippen molar-refractivity contribution in [1.82, 2.24) is 10.2 Å². The van der Waals surface area contributed by atoms with Crippen molar-refractivity contribution in [3.8, 4) is 0 Å². The van der Waals surface area contributed by atoms with Crippen LogP contribution in [0.3, 0.4) is 0 Å². The minimum absolute atomic E-state index is 0. The maximum absolute atomic E-state index is 3.56. The molecule has 0 aliphatic heterocycles. The second-order valence-corrected chi connectivity index (χ2v) is 4.78. The quantitative estimate of drug-likeness (QED) is 0.900. The van der Waals surface area contributed by atoms with Gasteiger partial charge >= 0.3 is 0 Å². The Morgan fingerprint density at radius 1 is 1.38 bits per heavy atom. The largest absolute Gasteiger partial charge is 0.318 e. The van der Waals surface area contributed by atoms with Gasteiger partial charge in [0.25, 0.3) is 0 Å². The molecule has 0 fully saturated rings. The summed E-state index contributed by atoms with van der Waals surface area (Å²) in [4.78, 5) is 2.31. The summed E-state index contributed by atoms with van der Waals surface area (Å²) in [5.41, 5.74) is 2.64. The number of likely N-dealkylation sites (N-methyl/N-ethyl adjacent to an activating group) is 2. The summed E-state index contributed by atoms with van der Waals surface area (Å²) in [5, 5.41) is 3.15. The van der Waals surface area contributed by atoms with Crippen LogP contribution in [0.2, 0.25) is 0 Å². The van der Waals surface area contributed by atoms with Crippen molar-refractivity contribution >= 4 is 28.3 Å². The van der Waals surface area contributed by atoms with Gasteiger partial charge in [-0.2, -0.15) is 0 Å². The van der Waals surface area contributed by atoms with Gasteiger partial charge in [-0.3, -0.25) is 0 Å². The van der Waals surface area contributed by atoms with Crippen LogP contribution in [0.5, 0.6) is 0 Å². The van der Waals surface area contributed by atoms with E-state index in [-0.39, 0.29) is 12.4 Å². The van der Waals surface area contributed by atoms with Gasteiger partial charge in [-0.15, -0.1) is 12.4 Å². The molecule has 0 unspecified atom stereocenters. The Hall–Kier alpha value is -0.0900. The van der Waals surface area contributed by atoms with Crippen LogP contribution in [-0.4, -0.2) is 32.1 Å². The highest BCUT2D eigenvalue weighted by molar-refractivity contribution is 9.10. The van der Waals surface area contributed by atoms with E-state index >= 15 is 0 Å². The normalized spacial score (nSPS) is 10.3. The summed E-state index contributed by atoms with van der Waals surface area (Å²) >= 11 is 3.56. The molecule has 0 saturated heterocycles. The van der Waals surface area contributed by atoms with Crippen molar-refractivity contribution < 1.29 is 0 Å².